The number of morpholine rings is 1. The molecule has 0 radical (unpaired) electrons. The summed E-state index contributed by atoms with van der Waals surface area (Å²) in [6.45, 7) is 4.26. The van der Waals surface area contributed by atoms with Crippen molar-refractivity contribution < 1.29 is 23.9 Å². The number of rotatable bonds is 7. The van der Waals surface area contributed by atoms with Gasteiger partial charge in [-0.3, -0.25) is 4.79 Å². The first-order chi connectivity index (χ1) is 13.2. The van der Waals surface area contributed by atoms with Crippen molar-refractivity contribution in [3.05, 3.63) is 59.7 Å². The molecule has 3 rings (SSSR count). The second kappa shape index (κ2) is 9.39. The molecule has 0 bridgehead atoms. The van der Waals surface area contributed by atoms with E-state index in [4.69, 9.17) is 14.2 Å². The van der Waals surface area contributed by atoms with Gasteiger partial charge in [-0.25, -0.2) is 0 Å². The predicted octanol–water partition coefficient (Wildman–Crippen LogP) is 1.09. The summed E-state index contributed by atoms with van der Waals surface area (Å²) in [5.41, 5.74) is 1.65. The van der Waals surface area contributed by atoms with Crippen LogP contribution in [0.1, 0.15) is 22.0 Å². The van der Waals surface area contributed by atoms with E-state index in [1.54, 1.807) is 32.4 Å². The number of carbonyl (C=O) groups excluding carboxylic acids is 1. The maximum atomic E-state index is 12.9. The molecule has 1 heterocycles. The van der Waals surface area contributed by atoms with Crippen LogP contribution in [0, 0.1) is 0 Å². The number of amides is 1. The Balaban J connectivity index is 1.77. The van der Waals surface area contributed by atoms with Crippen molar-refractivity contribution in [3.8, 4) is 11.5 Å². The zero-order valence-electron chi connectivity index (χ0n) is 15.9. The van der Waals surface area contributed by atoms with Crippen LogP contribution in [0.15, 0.2) is 48.5 Å². The molecule has 2 aromatic carbocycles. The van der Waals surface area contributed by atoms with Crippen LogP contribution in [0.3, 0.4) is 0 Å². The molecule has 1 aliphatic rings. The first-order valence-electron chi connectivity index (χ1n) is 9.20. The van der Waals surface area contributed by atoms with E-state index in [0.717, 1.165) is 38.4 Å². The molecular weight excluding hydrogens is 344 g/mol. The third kappa shape index (κ3) is 4.99. The highest BCUT2D eigenvalue weighted by molar-refractivity contribution is 5.95. The van der Waals surface area contributed by atoms with E-state index >= 15 is 0 Å². The largest absolute Gasteiger partial charge is 0.493 e. The van der Waals surface area contributed by atoms with Crippen LogP contribution < -0.4 is 19.7 Å². The maximum absolute atomic E-state index is 12.9. The smallest absolute Gasteiger partial charge is 0.252 e. The minimum absolute atomic E-state index is 0.0695. The monoisotopic (exact) mass is 371 g/mol. The highest BCUT2D eigenvalue weighted by atomic mass is 16.5. The van der Waals surface area contributed by atoms with E-state index in [0.29, 0.717) is 17.1 Å². The summed E-state index contributed by atoms with van der Waals surface area (Å²) < 4.78 is 16.0. The third-order valence-electron chi connectivity index (χ3n) is 4.85. The SMILES string of the molecule is COc1ccc(C(=O)N[C@H](C[NH+]2CCOCC2)c2ccccc2)cc1OC. The lowest BCUT2D eigenvalue weighted by Gasteiger charge is -2.28. The van der Waals surface area contributed by atoms with E-state index in [1.807, 2.05) is 18.2 Å². The molecule has 0 unspecified atom stereocenters. The highest BCUT2D eigenvalue weighted by Crippen LogP contribution is 2.27. The summed E-state index contributed by atoms with van der Waals surface area (Å²) in [6.07, 6.45) is 0. The van der Waals surface area contributed by atoms with Gasteiger partial charge in [-0.1, -0.05) is 30.3 Å². The molecule has 27 heavy (non-hydrogen) atoms. The molecule has 6 heteroatoms. The van der Waals surface area contributed by atoms with Gasteiger partial charge in [-0.05, 0) is 23.8 Å². The number of ether oxygens (including phenoxy) is 3. The number of carbonyl (C=O) groups is 1. The predicted molar refractivity (Wildman–Crippen MR) is 103 cm³/mol. The number of nitrogens with one attached hydrogen (secondary N) is 2. The Labute approximate surface area is 160 Å². The fourth-order valence-corrected chi connectivity index (χ4v) is 3.31. The summed E-state index contributed by atoms with van der Waals surface area (Å²) in [5, 5.41) is 3.19. The Kier molecular flexibility index (Phi) is 6.68. The number of hydrogen-bond acceptors (Lipinski definition) is 4. The van der Waals surface area contributed by atoms with Gasteiger partial charge >= 0.3 is 0 Å². The normalized spacial score (nSPS) is 15.8. The van der Waals surface area contributed by atoms with E-state index < -0.39 is 0 Å². The zero-order valence-corrected chi connectivity index (χ0v) is 15.9. The molecule has 1 fully saturated rings. The molecule has 1 aliphatic heterocycles. The summed E-state index contributed by atoms with van der Waals surface area (Å²) in [7, 11) is 3.14. The van der Waals surface area contributed by atoms with Crippen LogP contribution >= 0.6 is 0 Å². The molecule has 0 aliphatic carbocycles. The Bertz CT molecular complexity index is 745. The van der Waals surface area contributed by atoms with Crippen molar-refractivity contribution >= 4 is 5.91 Å². The minimum atomic E-state index is -0.127. The zero-order chi connectivity index (χ0) is 19.1. The molecule has 1 saturated heterocycles. The van der Waals surface area contributed by atoms with Gasteiger partial charge in [0.15, 0.2) is 11.5 Å². The summed E-state index contributed by atoms with van der Waals surface area (Å²) in [5.74, 6) is 1.02. The van der Waals surface area contributed by atoms with Gasteiger partial charge in [0, 0.05) is 5.56 Å². The molecule has 0 spiro atoms. The average molecular weight is 371 g/mol. The lowest BCUT2D eigenvalue weighted by Crippen LogP contribution is -3.14. The fraction of sp³-hybridized carbons (Fsp3) is 0.381. The van der Waals surface area contributed by atoms with E-state index in [9.17, 15) is 4.79 Å². The van der Waals surface area contributed by atoms with Gasteiger partial charge in [0.25, 0.3) is 5.91 Å². The van der Waals surface area contributed by atoms with Crippen LogP contribution in [0.4, 0.5) is 0 Å². The van der Waals surface area contributed by atoms with Crippen molar-refractivity contribution in [3.63, 3.8) is 0 Å². The van der Waals surface area contributed by atoms with Gasteiger partial charge in [0.2, 0.25) is 0 Å². The van der Waals surface area contributed by atoms with Crippen molar-refractivity contribution in [2.75, 3.05) is 47.1 Å². The molecule has 6 nitrogen and oxygen atoms in total. The Morgan fingerprint density at radius 1 is 1.07 bits per heavy atom. The quantitative estimate of drug-likeness (QED) is 0.765. The molecule has 1 atom stereocenters. The van der Waals surface area contributed by atoms with Crippen molar-refractivity contribution in [1.29, 1.82) is 0 Å². The molecule has 1 amide bonds. The Hall–Kier alpha value is -2.57. The molecular formula is C21H27N2O4+. The number of benzene rings is 2. The minimum Gasteiger partial charge on any atom is -0.493 e. The van der Waals surface area contributed by atoms with Crippen LogP contribution in [0.25, 0.3) is 0 Å². The standard InChI is InChI=1S/C21H26N2O4/c1-25-19-9-8-17(14-20(19)26-2)21(24)22-18(16-6-4-3-5-7-16)15-23-10-12-27-13-11-23/h3-9,14,18H,10-13,15H2,1-2H3,(H,22,24)/p+1/t18-/m1/s1. The van der Waals surface area contributed by atoms with Crippen molar-refractivity contribution in [1.82, 2.24) is 5.32 Å². The van der Waals surface area contributed by atoms with Crippen LogP contribution in [0.5, 0.6) is 11.5 Å². The number of quaternary nitrogens is 1. The fourth-order valence-electron chi connectivity index (χ4n) is 3.31. The molecule has 0 aromatic heterocycles. The number of methoxy groups -OCH3 is 2. The number of hydrogen-bond donors (Lipinski definition) is 2. The first kappa shape index (κ1) is 19.2. The summed E-state index contributed by atoms with van der Waals surface area (Å²) >= 11 is 0. The Morgan fingerprint density at radius 3 is 2.44 bits per heavy atom. The van der Waals surface area contributed by atoms with Crippen molar-refractivity contribution in [2.45, 2.75) is 6.04 Å². The molecule has 0 saturated carbocycles. The lowest BCUT2D eigenvalue weighted by molar-refractivity contribution is -0.909. The maximum Gasteiger partial charge on any atom is 0.252 e. The van der Waals surface area contributed by atoms with E-state index in [-0.39, 0.29) is 11.9 Å². The second-order valence-electron chi connectivity index (χ2n) is 6.57. The van der Waals surface area contributed by atoms with Gasteiger partial charge < -0.3 is 24.4 Å². The van der Waals surface area contributed by atoms with E-state index in [2.05, 4.69) is 17.4 Å². The third-order valence-corrected chi connectivity index (χ3v) is 4.85. The van der Waals surface area contributed by atoms with Gasteiger partial charge in [0.1, 0.15) is 25.7 Å². The van der Waals surface area contributed by atoms with Crippen LogP contribution in [-0.2, 0) is 4.74 Å². The van der Waals surface area contributed by atoms with Gasteiger partial charge in [-0.15, -0.1) is 0 Å². The molecule has 2 N–H and O–H groups in total. The van der Waals surface area contributed by atoms with E-state index in [1.165, 1.54) is 4.90 Å². The summed E-state index contributed by atoms with van der Waals surface area (Å²) in [4.78, 5) is 14.3. The van der Waals surface area contributed by atoms with Crippen LogP contribution in [-0.4, -0.2) is 53.0 Å². The van der Waals surface area contributed by atoms with Gasteiger partial charge in [-0.2, -0.15) is 0 Å². The second-order valence-corrected chi connectivity index (χ2v) is 6.57. The summed E-state index contributed by atoms with van der Waals surface area (Å²) in [6, 6.07) is 15.2. The first-order valence-corrected chi connectivity index (χ1v) is 9.20. The molecule has 144 valence electrons. The van der Waals surface area contributed by atoms with Crippen LogP contribution in [0.2, 0.25) is 0 Å². The van der Waals surface area contributed by atoms with Gasteiger partial charge in [0.05, 0.1) is 27.4 Å². The lowest BCUT2D eigenvalue weighted by atomic mass is 10.0. The average Bonchev–Trinajstić information content (AvgIpc) is 2.74. The topological polar surface area (TPSA) is 61.2 Å². The molecule has 2 aromatic rings. The highest BCUT2D eigenvalue weighted by Gasteiger charge is 2.23. The Morgan fingerprint density at radius 2 is 1.78 bits per heavy atom. The van der Waals surface area contributed by atoms with Crippen molar-refractivity contribution in [2.24, 2.45) is 0 Å².